The molecule has 170 valence electrons. The van der Waals surface area contributed by atoms with Gasteiger partial charge >= 0.3 is 0 Å². The van der Waals surface area contributed by atoms with E-state index in [0.29, 0.717) is 59.0 Å². The Kier molecular flexibility index (Phi) is 10.2. The predicted octanol–water partition coefficient (Wildman–Crippen LogP) is 4.70. The van der Waals surface area contributed by atoms with Crippen LogP contribution < -0.4 is 24.4 Å². The Morgan fingerprint density at radius 3 is 2.50 bits per heavy atom. The Balaban J connectivity index is 2.14. The van der Waals surface area contributed by atoms with Crippen LogP contribution in [0.25, 0.3) is 0 Å². The molecule has 2 aromatic carbocycles. The molecular formula is C24H27ClN2O5. The van der Waals surface area contributed by atoms with E-state index in [1.807, 2.05) is 20.8 Å². The first kappa shape index (κ1) is 24.9. The summed E-state index contributed by atoms with van der Waals surface area (Å²) in [4.78, 5) is 12.5. The molecule has 32 heavy (non-hydrogen) atoms. The maximum atomic E-state index is 12.5. The van der Waals surface area contributed by atoms with Crippen LogP contribution in [0.1, 0.15) is 43.1 Å². The molecule has 2 aromatic rings. The van der Waals surface area contributed by atoms with Crippen LogP contribution in [0.4, 0.5) is 0 Å². The van der Waals surface area contributed by atoms with Crippen molar-refractivity contribution in [3.63, 3.8) is 0 Å². The van der Waals surface area contributed by atoms with Gasteiger partial charge in [-0.05, 0) is 56.2 Å². The molecule has 0 spiro atoms. The van der Waals surface area contributed by atoms with Crippen molar-refractivity contribution >= 4 is 23.7 Å². The lowest BCUT2D eigenvalue weighted by atomic mass is 10.2. The zero-order valence-electron chi connectivity index (χ0n) is 18.4. The molecule has 0 fully saturated rings. The summed E-state index contributed by atoms with van der Waals surface area (Å²) in [6.45, 7) is 7.22. The predicted molar refractivity (Wildman–Crippen MR) is 125 cm³/mol. The molecule has 0 saturated carbocycles. The summed E-state index contributed by atoms with van der Waals surface area (Å²) in [6.07, 6.45) is 7.57. The molecule has 0 unspecified atom stereocenters. The summed E-state index contributed by atoms with van der Waals surface area (Å²) in [6, 6.07) is 8.33. The fraction of sp³-hybridized carbons (Fsp3) is 0.333. The highest BCUT2D eigenvalue weighted by Crippen LogP contribution is 2.36. The van der Waals surface area contributed by atoms with Gasteiger partial charge in [0.15, 0.2) is 23.0 Å². The summed E-state index contributed by atoms with van der Waals surface area (Å²) in [5.41, 5.74) is 3.50. The van der Waals surface area contributed by atoms with Crippen LogP contribution >= 0.6 is 11.6 Å². The first-order chi connectivity index (χ1) is 15.5. The number of rotatable bonds is 12. The van der Waals surface area contributed by atoms with Gasteiger partial charge in [0.1, 0.15) is 6.61 Å². The van der Waals surface area contributed by atoms with Gasteiger partial charge in [-0.3, -0.25) is 4.79 Å². The zero-order valence-corrected chi connectivity index (χ0v) is 19.2. The number of carbonyl (C=O) groups excluding carboxylic acids is 1. The second-order valence-corrected chi connectivity index (χ2v) is 6.81. The molecule has 0 aliphatic carbocycles. The maximum Gasteiger partial charge on any atom is 0.271 e. The lowest BCUT2D eigenvalue weighted by Gasteiger charge is -2.13. The van der Waals surface area contributed by atoms with Crippen LogP contribution in [0.15, 0.2) is 35.4 Å². The summed E-state index contributed by atoms with van der Waals surface area (Å²) >= 11 is 6.29. The lowest BCUT2D eigenvalue weighted by molar-refractivity contribution is 0.0954. The van der Waals surface area contributed by atoms with Crippen LogP contribution in [-0.4, -0.2) is 38.5 Å². The van der Waals surface area contributed by atoms with E-state index in [4.69, 9.17) is 37.0 Å². The van der Waals surface area contributed by atoms with E-state index >= 15 is 0 Å². The van der Waals surface area contributed by atoms with Gasteiger partial charge in [-0.2, -0.15) is 5.10 Å². The quantitative estimate of drug-likeness (QED) is 0.283. The van der Waals surface area contributed by atoms with Crippen LogP contribution in [0, 0.1) is 12.3 Å². The molecule has 0 heterocycles. The molecular weight excluding hydrogens is 432 g/mol. The van der Waals surface area contributed by atoms with Crippen molar-refractivity contribution in [2.24, 2.45) is 5.10 Å². The van der Waals surface area contributed by atoms with E-state index in [1.165, 1.54) is 6.21 Å². The second-order valence-electron chi connectivity index (χ2n) is 6.40. The molecule has 0 saturated heterocycles. The average Bonchev–Trinajstić information content (AvgIpc) is 2.78. The van der Waals surface area contributed by atoms with Crippen molar-refractivity contribution in [1.82, 2.24) is 5.43 Å². The standard InChI is InChI=1S/C24H27ClN2O5/c1-5-11-31-20-10-9-18(15-21(20)29-7-3)24(28)27-26-16-17-13-19(25)23(32-12-6-2)22(14-17)30-8-4/h2,9-10,13-16H,5,7-8,11-12H2,1,3-4H3,(H,27,28)/b26-16+. The van der Waals surface area contributed by atoms with Crippen molar-refractivity contribution in [3.05, 3.63) is 46.5 Å². The third-order valence-corrected chi connectivity index (χ3v) is 4.26. The zero-order chi connectivity index (χ0) is 23.3. The highest BCUT2D eigenvalue weighted by molar-refractivity contribution is 6.32. The maximum absolute atomic E-state index is 12.5. The molecule has 1 amide bonds. The molecule has 0 atom stereocenters. The first-order valence-corrected chi connectivity index (χ1v) is 10.7. The summed E-state index contributed by atoms with van der Waals surface area (Å²) in [5.74, 6) is 3.90. The summed E-state index contributed by atoms with van der Waals surface area (Å²) in [7, 11) is 0. The summed E-state index contributed by atoms with van der Waals surface area (Å²) in [5, 5.41) is 4.34. The number of ether oxygens (including phenoxy) is 4. The summed E-state index contributed by atoms with van der Waals surface area (Å²) < 4.78 is 22.3. The van der Waals surface area contributed by atoms with Crippen LogP contribution in [0.5, 0.6) is 23.0 Å². The number of nitrogens with zero attached hydrogens (tertiary/aromatic N) is 1. The van der Waals surface area contributed by atoms with Gasteiger partial charge in [0.25, 0.3) is 5.91 Å². The smallest absolute Gasteiger partial charge is 0.271 e. The van der Waals surface area contributed by atoms with E-state index in [0.717, 1.165) is 6.42 Å². The normalized spacial score (nSPS) is 10.5. The van der Waals surface area contributed by atoms with Gasteiger partial charge in [-0.25, -0.2) is 5.43 Å². The van der Waals surface area contributed by atoms with Crippen molar-refractivity contribution in [2.45, 2.75) is 27.2 Å². The Morgan fingerprint density at radius 1 is 1.06 bits per heavy atom. The Bertz CT molecular complexity index is 985. The van der Waals surface area contributed by atoms with Gasteiger partial charge in [0.05, 0.1) is 31.1 Å². The number of hydrazone groups is 1. The Morgan fingerprint density at radius 2 is 1.81 bits per heavy atom. The van der Waals surface area contributed by atoms with Crippen molar-refractivity contribution in [1.29, 1.82) is 0 Å². The fourth-order valence-electron chi connectivity index (χ4n) is 2.66. The highest BCUT2D eigenvalue weighted by atomic mass is 35.5. The van der Waals surface area contributed by atoms with Crippen LogP contribution in [0.2, 0.25) is 5.02 Å². The molecule has 7 nitrogen and oxygen atoms in total. The number of benzene rings is 2. The minimum Gasteiger partial charge on any atom is -0.490 e. The number of halogens is 1. The molecule has 8 heteroatoms. The molecule has 0 aliphatic rings. The van der Waals surface area contributed by atoms with Gasteiger partial charge < -0.3 is 18.9 Å². The van der Waals surface area contributed by atoms with Crippen molar-refractivity contribution < 1.29 is 23.7 Å². The molecule has 1 N–H and O–H groups in total. The Hall–Kier alpha value is -3.37. The van der Waals surface area contributed by atoms with E-state index in [-0.39, 0.29) is 6.61 Å². The monoisotopic (exact) mass is 458 g/mol. The van der Waals surface area contributed by atoms with Crippen molar-refractivity contribution in [3.8, 4) is 35.3 Å². The number of nitrogens with one attached hydrogen (secondary N) is 1. The Labute approximate surface area is 193 Å². The molecule has 0 aromatic heterocycles. The third kappa shape index (κ3) is 7.10. The number of carbonyl (C=O) groups is 1. The first-order valence-electron chi connectivity index (χ1n) is 10.3. The SMILES string of the molecule is C#CCOc1c(Cl)cc(/C=N/NC(=O)c2ccc(OCCC)c(OCC)c2)cc1OCC. The van der Waals surface area contributed by atoms with Crippen LogP contribution in [-0.2, 0) is 0 Å². The number of amides is 1. The van der Waals surface area contributed by atoms with Crippen molar-refractivity contribution in [2.75, 3.05) is 26.4 Å². The lowest BCUT2D eigenvalue weighted by Crippen LogP contribution is -2.17. The highest BCUT2D eigenvalue weighted by Gasteiger charge is 2.13. The third-order valence-electron chi connectivity index (χ3n) is 3.98. The van der Waals surface area contributed by atoms with Gasteiger partial charge in [-0.15, -0.1) is 6.42 Å². The average molecular weight is 459 g/mol. The molecule has 0 radical (unpaired) electrons. The molecule has 0 bridgehead atoms. The minimum absolute atomic E-state index is 0.0648. The van der Waals surface area contributed by atoms with E-state index in [2.05, 4.69) is 16.4 Å². The largest absolute Gasteiger partial charge is 0.490 e. The van der Waals surface area contributed by atoms with Gasteiger partial charge in [-0.1, -0.05) is 24.4 Å². The van der Waals surface area contributed by atoms with Gasteiger partial charge in [0, 0.05) is 5.56 Å². The van der Waals surface area contributed by atoms with E-state index in [9.17, 15) is 4.79 Å². The number of hydrogen-bond acceptors (Lipinski definition) is 6. The fourth-order valence-corrected chi connectivity index (χ4v) is 2.93. The van der Waals surface area contributed by atoms with E-state index in [1.54, 1.807) is 30.3 Å². The minimum atomic E-state index is -0.394. The second kappa shape index (κ2) is 13.1. The van der Waals surface area contributed by atoms with Gasteiger partial charge in [0.2, 0.25) is 0 Å². The number of hydrogen-bond donors (Lipinski definition) is 1. The van der Waals surface area contributed by atoms with Crippen LogP contribution in [0.3, 0.4) is 0 Å². The topological polar surface area (TPSA) is 78.4 Å². The number of terminal acetylenes is 1. The molecule has 0 aliphatic heterocycles. The molecule has 2 rings (SSSR count). The van der Waals surface area contributed by atoms with E-state index < -0.39 is 5.91 Å².